The summed E-state index contributed by atoms with van der Waals surface area (Å²) in [4.78, 5) is 37.6. The fourth-order valence-corrected chi connectivity index (χ4v) is 2.39. The number of halogens is 2. The maximum Gasteiger partial charge on any atom is 0.245 e. The van der Waals surface area contributed by atoms with Crippen LogP contribution in [0.25, 0.3) is 0 Å². The fraction of sp³-hybridized carbons (Fsp3) is 0.471. The molecule has 0 radical (unpaired) electrons. The quantitative estimate of drug-likeness (QED) is 0.814. The third-order valence-electron chi connectivity index (χ3n) is 3.38. The number of carbonyl (C=O) groups excluding carboxylic acids is 3. The van der Waals surface area contributed by atoms with Crippen molar-refractivity contribution in [1.29, 1.82) is 0 Å². The summed E-state index contributed by atoms with van der Waals surface area (Å²) < 4.78 is 0. The highest BCUT2D eigenvalue weighted by Gasteiger charge is 2.27. The van der Waals surface area contributed by atoms with Crippen molar-refractivity contribution >= 4 is 46.6 Å². The second kappa shape index (κ2) is 8.54. The molecule has 2 N–H and O–H groups in total. The first kappa shape index (κ1) is 21.3. The molecule has 0 heterocycles. The van der Waals surface area contributed by atoms with Gasteiger partial charge in [-0.05, 0) is 19.1 Å². The number of nitrogens with one attached hydrogen (secondary N) is 2. The summed E-state index contributed by atoms with van der Waals surface area (Å²) >= 11 is 12.0. The molecule has 1 aromatic rings. The molecule has 138 valence electrons. The lowest BCUT2D eigenvalue weighted by atomic mass is 9.95. The van der Waals surface area contributed by atoms with Crippen LogP contribution < -0.4 is 10.6 Å². The summed E-state index contributed by atoms with van der Waals surface area (Å²) in [5, 5.41) is 5.83. The number of rotatable bonds is 5. The van der Waals surface area contributed by atoms with Crippen molar-refractivity contribution in [3.63, 3.8) is 0 Å². The van der Waals surface area contributed by atoms with E-state index in [1.54, 1.807) is 45.9 Å². The van der Waals surface area contributed by atoms with Crippen LogP contribution in [-0.4, -0.2) is 42.3 Å². The van der Waals surface area contributed by atoms with E-state index in [2.05, 4.69) is 10.6 Å². The molecule has 1 unspecified atom stereocenters. The second-order valence-electron chi connectivity index (χ2n) is 6.78. The average Bonchev–Trinajstić information content (AvgIpc) is 2.49. The first-order valence-electron chi connectivity index (χ1n) is 7.73. The average molecular weight is 388 g/mol. The molecule has 0 fully saturated rings. The first-order chi connectivity index (χ1) is 11.4. The Kier molecular flexibility index (Phi) is 7.26. The van der Waals surface area contributed by atoms with E-state index in [0.717, 1.165) is 0 Å². The summed E-state index contributed by atoms with van der Waals surface area (Å²) in [6, 6.07) is 4.12. The Labute approximate surface area is 157 Å². The van der Waals surface area contributed by atoms with E-state index in [9.17, 15) is 14.4 Å². The van der Waals surface area contributed by atoms with Crippen LogP contribution in [0.15, 0.2) is 18.2 Å². The topological polar surface area (TPSA) is 78.5 Å². The van der Waals surface area contributed by atoms with E-state index in [-0.39, 0.29) is 18.4 Å². The van der Waals surface area contributed by atoms with Crippen LogP contribution >= 0.6 is 23.2 Å². The lowest BCUT2D eigenvalue weighted by molar-refractivity contribution is -0.138. The molecule has 0 spiro atoms. The summed E-state index contributed by atoms with van der Waals surface area (Å²) in [5.74, 6) is -1.06. The fourth-order valence-electron chi connectivity index (χ4n) is 1.89. The van der Waals surface area contributed by atoms with E-state index < -0.39 is 17.4 Å². The highest BCUT2D eigenvalue weighted by Crippen LogP contribution is 2.29. The highest BCUT2D eigenvalue weighted by molar-refractivity contribution is 6.39. The lowest BCUT2D eigenvalue weighted by Gasteiger charge is -2.25. The molecular formula is C17H23Cl2N3O3. The van der Waals surface area contributed by atoms with Gasteiger partial charge in [-0.1, -0.05) is 50.0 Å². The molecule has 25 heavy (non-hydrogen) atoms. The van der Waals surface area contributed by atoms with Gasteiger partial charge in [-0.2, -0.15) is 0 Å². The molecule has 1 atom stereocenters. The standard InChI is InChI=1S/C17H23Cl2N3O3/c1-10(20-16(25)17(2,3)4)15(24)22(5)9-13(23)21-14-11(18)7-6-8-12(14)19/h6-8,10H,9H2,1-5H3,(H,20,25)(H,21,23). The number of hydrogen-bond acceptors (Lipinski definition) is 3. The number of likely N-dealkylation sites (N-methyl/N-ethyl adjacent to an activating group) is 1. The summed E-state index contributed by atoms with van der Waals surface area (Å²) in [5.41, 5.74) is -0.309. The number of nitrogens with zero attached hydrogens (tertiary/aromatic N) is 1. The molecule has 1 rings (SSSR count). The number of carbonyl (C=O) groups is 3. The van der Waals surface area contributed by atoms with Crippen LogP contribution in [0, 0.1) is 5.41 Å². The van der Waals surface area contributed by atoms with Crippen LogP contribution in [0.4, 0.5) is 5.69 Å². The monoisotopic (exact) mass is 387 g/mol. The minimum absolute atomic E-state index is 0.198. The largest absolute Gasteiger partial charge is 0.344 e. The van der Waals surface area contributed by atoms with Crippen molar-refractivity contribution in [3.05, 3.63) is 28.2 Å². The number of benzene rings is 1. The van der Waals surface area contributed by atoms with Gasteiger partial charge in [0.05, 0.1) is 22.3 Å². The maximum absolute atomic E-state index is 12.3. The van der Waals surface area contributed by atoms with Crippen molar-refractivity contribution in [1.82, 2.24) is 10.2 Å². The number of amides is 3. The molecule has 6 nitrogen and oxygen atoms in total. The van der Waals surface area contributed by atoms with Crippen LogP contribution in [0.1, 0.15) is 27.7 Å². The Balaban J connectivity index is 2.65. The summed E-state index contributed by atoms with van der Waals surface area (Å²) in [6.07, 6.45) is 0. The van der Waals surface area contributed by atoms with Crippen LogP contribution in [-0.2, 0) is 14.4 Å². The smallest absolute Gasteiger partial charge is 0.245 e. The zero-order valence-corrected chi connectivity index (χ0v) is 16.5. The van der Waals surface area contributed by atoms with Gasteiger partial charge in [-0.15, -0.1) is 0 Å². The minimum atomic E-state index is -0.742. The predicted molar refractivity (Wildman–Crippen MR) is 99.8 cm³/mol. The minimum Gasteiger partial charge on any atom is -0.344 e. The van der Waals surface area contributed by atoms with Crippen molar-refractivity contribution in [2.75, 3.05) is 18.9 Å². The SMILES string of the molecule is CC(NC(=O)C(C)(C)C)C(=O)N(C)CC(=O)Nc1c(Cl)cccc1Cl. The van der Waals surface area contributed by atoms with Crippen LogP contribution in [0.5, 0.6) is 0 Å². The summed E-state index contributed by atoms with van der Waals surface area (Å²) in [7, 11) is 1.48. The van der Waals surface area contributed by atoms with Crippen molar-refractivity contribution < 1.29 is 14.4 Å². The zero-order valence-electron chi connectivity index (χ0n) is 14.9. The molecule has 0 aromatic heterocycles. The molecule has 1 aromatic carbocycles. The Hall–Kier alpha value is -1.79. The predicted octanol–water partition coefficient (Wildman–Crippen LogP) is 2.94. The van der Waals surface area contributed by atoms with Crippen molar-refractivity contribution in [2.45, 2.75) is 33.7 Å². The van der Waals surface area contributed by atoms with Crippen molar-refractivity contribution in [2.24, 2.45) is 5.41 Å². The van der Waals surface area contributed by atoms with Gasteiger partial charge in [0, 0.05) is 12.5 Å². The van der Waals surface area contributed by atoms with Gasteiger partial charge in [0.2, 0.25) is 17.7 Å². The third-order valence-corrected chi connectivity index (χ3v) is 4.01. The van der Waals surface area contributed by atoms with Gasteiger partial charge in [0.25, 0.3) is 0 Å². The van der Waals surface area contributed by atoms with Crippen LogP contribution in [0.3, 0.4) is 0 Å². The molecule has 3 amide bonds. The van der Waals surface area contributed by atoms with Gasteiger partial charge in [-0.3, -0.25) is 14.4 Å². The first-order valence-corrected chi connectivity index (χ1v) is 8.49. The molecule has 0 saturated heterocycles. The molecule has 0 aliphatic heterocycles. The van der Waals surface area contributed by atoms with Gasteiger partial charge in [0.15, 0.2) is 0 Å². The third kappa shape index (κ3) is 6.21. The Morgan fingerprint density at radius 3 is 2.16 bits per heavy atom. The van der Waals surface area contributed by atoms with E-state index in [4.69, 9.17) is 23.2 Å². The lowest BCUT2D eigenvalue weighted by Crippen LogP contribution is -2.50. The Morgan fingerprint density at radius 1 is 1.16 bits per heavy atom. The van der Waals surface area contributed by atoms with E-state index >= 15 is 0 Å². The highest BCUT2D eigenvalue weighted by atomic mass is 35.5. The number of hydrogen-bond donors (Lipinski definition) is 2. The van der Waals surface area contributed by atoms with E-state index in [1.807, 2.05) is 0 Å². The zero-order chi connectivity index (χ0) is 19.4. The second-order valence-corrected chi connectivity index (χ2v) is 7.60. The van der Waals surface area contributed by atoms with E-state index in [1.165, 1.54) is 11.9 Å². The van der Waals surface area contributed by atoms with Gasteiger partial charge >= 0.3 is 0 Å². The molecule has 0 saturated carbocycles. The number of para-hydroxylation sites is 1. The molecule has 8 heteroatoms. The summed E-state index contributed by atoms with van der Waals surface area (Å²) in [6.45, 7) is 6.64. The van der Waals surface area contributed by atoms with Crippen molar-refractivity contribution in [3.8, 4) is 0 Å². The molecule has 0 bridgehead atoms. The molecule has 0 aliphatic carbocycles. The maximum atomic E-state index is 12.3. The molecule has 0 aliphatic rings. The normalized spacial score (nSPS) is 12.3. The van der Waals surface area contributed by atoms with Gasteiger partial charge < -0.3 is 15.5 Å². The Morgan fingerprint density at radius 2 is 1.68 bits per heavy atom. The number of anilines is 1. The Bertz CT molecular complexity index is 651. The van der Waals surface area contributed by atoms with Crippen LogP contribution in [0.2, 0.25) is 10.0 Å². The van der Waals surface area contributed by atoms with Gasteiger partial charge in [-0.25, -0.2) is 0 Å². The molecular weight excluding hydrogens is 365 g/mol. The van der Waals surface area contributed by atoms with E-state index in [0.29, 0.717) is 15.7 Å². The van der Waals surface area contributed by atoms with Gasteiger partial charge in [0.1, 0.15) is 6.04 Å².